The predicted molar refractivity (Wildman–Crippen MR) is 135 cm³/mol. The molecule has 0 unspecified atom stereocenters. The molecule has 0 bridgehead atoms. The summed E-state index contributed by atoms with van der Waals surface area (Å²) in [5, 5.41) is 16.8. The van der Waals surface area contributed by atoms with Crippen molar-refractivity contribution in [3.8, 4) is 11.3 Å². The number of rotatable bonds is 5. The molecule has 1 aliphatic rings. The van der Waals surface area contributed by atoms with Gasteiger partial charge < -0.3 is 0 Å². The molecule has 1 atom stereocenters. The lowest BCUT2D eigenvalue weighted by atomic mass is 10.1. The summed E-state index contributed by atoms with van der Waals surface area (Å²) >= 11 is 1.28. The number of carbonyl (C=O) groups is 1. The summed E-state index contributed by atoms with van der Waals surface area (Å²) in [4.78, 5) is 17.3. The van der Waals surface area contributed by atoms with Crippen molar-refractivity contribution in [1.29, 1.82) is 0 Å². The lowest BCUT2D eigenvalue weighted by Crippen LogP contribution is -2.29. The number of carbonyl (C=O) groups excluding carboxylic acids is 1. The molecule has 0 aliphatic carbocycles. The summed E-state index contributed by atoms with van der Waals surface area (Å²) in [6.07, 6.45) is 0. The van der Waals surface area contributed by atoms with Gasteiger partial charge in [0.15, 0.2) is 6.04 Å². The van der Waals surface area contributed by atoms with Gasteiger partial charge in [-0.25, -0.2) is 4.98 Å². The molecule has 1 N–H and O–H groups in total. The Hall–Kier alpha value is -3.80. The maximum Gasteiger partial charge on any atom is 0.297 e. The van der Waals surface area contributed by atoms with Gasteiger partial charge in [-0.05, 0) is 25.3 Å². The third kappa shape index (κ3) is 4.36. The predicted octanol–water partition coefficient (Wildman–Crippen LogP) is 5.39. The van der Waals surface area contributed by atoms with Crippen molar-refractivity contribution in [1.82, 2.24) is 4.98 Å². The van der Waals surface area contributed by atoms with Crippen LogP contribution in [0.4, 0.5) is 10.8 Å². The van der Waals surface area contributed by atoms with Crippen LogP contribution in [0.15, 0.2) is 86.3 Å². The number of amides is 1. The maximum atomic E-state index is 13.1. The Labute approximate surface area is 205 Å². The van der Waals surface area contributed by atoms with Crippen LogP contribution in [0.5, 0.6) is 0 Å². The average Bonchev–Trinajstić information content (AvgIpc) is 3.41. The largest absolute Gasteiger partial charge is 0.297 e. The average molecular weight is 506 g/mol. The molecular formula is C24H19N5O4S2. The van der Waals surface area contributed by atoms with Crippen LogP contribution < -0.4 is 5.01 Å². The molecule has 3 aromatic carbocycles. The van der Waals surface area contributed by atoms with Crippen molar-refractivity contribution in [3.63, 3.8) is 0 Å². The summed E-state index contributed by atoms with van der Waals surface area (Å²) in [5.41, 5.74) is 3.11. The molecule has 0 saturated carbocycles. The van der Waals surface area contributed by atoms with Gasteiger partial charge in [-0.15, -0.1) is 11.3 Å². The SMILES string of the molecule is CC1=NN(c2nc(-c3ccc(C)cc3)cs2)C(=O)[C@H]1N=Nc1ccc2ccccc2c1S(=O)(=O)O. The number of hydrogen-bond acceptors (Lipinski definition) is 8. The molecule has 4 aromatic rings. The second kappa shape index (κ2) is 8.77. The van der Waals surface area contributed by atoms with Crippen LogP contribution >= 0.6 is 11.3 Å². The van der Waals surface area contributed by atoms with Gasteiger partial charge in [-0.1, -0.05) is 60.2 Å². The van der Waals surface area contributed by atoms with Crippen molar-refractivity contribution in [2.75, 3.05) is 5.01 Å². The zero-order chi connectivity index (χ0) is 24.7. The lowest BCUT2D eigenvalue weighted by Gasteiger charge is -2.09. The van der Waals surface area contributed by atoms with Crippen LogP contribution in [-0.4, -0.2) is 35.6 Å². The highest BCUT2D eigenvalue weighted by Crippen LogP contribution is 2.34. The van der Waals surface area contributed by atoms with E-state index in [2.05, 4.69) is 20.3 Å². The summed E-state index contributed by atoms with van der Waals surface area (Å²) < 4.78 is 34.1. The van der Waals surface area contributed by atoms with E-state index in [0.717, 1.165) is 16.8 Å². The van der Waals surface area contributed by atoms with Crippen molar-refractivity contribution in [2.24, 2.45) is 15.3 Å². The molecule has 11 heteroatoms. The topological polar surface area (TPSA) is 125 Å². The monoisotopic (exact) mass is 505 g/mol. The fourth-order valence-corrected chi connectivity index (χ4v) is 5.37. The zero-order valence-corrected chi connectivity index (χ0v) is 20.3. The zero-order valence-electron chi connectivity index (χ0n) is 18.7. The first-order valence-corrected chi connectivity index (χ1v) is 12.9. The number of azo groups is 1. The molecule has 1 aromatic heterocycles. The molecular weight excluding hydrogens is 486 g/mol. The number of nitrogens with zero attached hydrogens (tertiary/aromatic N) is 5. The molecule has 176 valence electrons. The molecule has 0 saturated heterocycles. The first-order chi connectivity index (χ1) is 16.7. The summed E-state index contributed by atoms with van der Waals surface area (Å²) in [6, 6.07) is 16.7. The fraction of sp³-hybridized carbons (Fsp3) is 0.125. The van der Waals surface area contributed by atoms with Gasteiger partial charge >= 0.3 is 0 Å². The smallest absolute Gasteiger partial charge is 0.282 e. The third-order valence-corrected chi connectivity index (χ3v) is 7.28. The Bertz CT molecular complexity index is 1630. The Morgan fingerprint density at radius 1 is 1.03 bits per heavy atom. The summed E-state index contributed by atoms with van der Waals surface area (Å²) in [7, 11) is -4.60. The molecule has 2 heterocycles. The van der Waals surface area contributed by atoms with E-state index in [1.54, 1.807) is 37.3 Å². The molecule has 35 heavy (non-hydrogen) atoms. The number of hydrogen-bond donors (Lipinski definition) is 1. The number of thiazole rings is 1. The third-order valence-electron chi connectivity index (χ3n) is 5.51. The minimum Gasteiger partial charge on any atom is -0.282 e. The van der Waals surface area contributed by atoms with E-state index in [9.17, 15) is 17.8 Å². The second-order valence-electron chi connectivity index (χ2n) is 8.00. The van der Waals surface area contributed by atoms with E-state index < -0.39 is 22.1 Å². The van der Waals surface area contributed by atoms with E-state index >= 15 is 0 Å². The van der Waals surface area contributed by atoms with Crippen molar-refractivity contribution in [3.05, 3.63) is 71.6 Å². The highest BCUT2D eigenvalue weighted by atomic mass is 32.2. The van der Waals surface area contributed by atoms with Crippen LogP contribution in [0.1, 0.15) is 12.5 Å². The standard InChI is InChI=1S/C24H19N5O4S2/c1-14-7-9-17(10-8-14)20-13-34-24(25-20)29-23(30)21(15(2)28-29)27-26-19-12-11-16-5-3-4-6-18(16)22(19)35(31,32)33/h3-13,21H,1-2H3,(H,31,32,33)/t21-/m0/s1. The highest BCUT2D eigenvalue weighted by Gasteiger charge is 2.36. The van der Waals surface area contributed by atoms with E-state index in [1.165, 1.54) is 22.4 Å². The van der Waals surface area contributed by atoms with Crippen molar-refractivity contribution < 1.29 is 17.8 Å². The number of benzene rings is 3. The van der Waals surface area contributed by atoms with Gasteiger partial charge in [0.2, 0.25) is 5.13 Å². The number of aryl methyl sites for hydroxylation is 1. The quantitative estimate of drug-likeness (QED) is 0.287. The molecule has 0 spiro atoms. The molecule has 0 fully saturated rings. The summed E-state index contributed by atoms with van der Waals surface area (Å²) in [6.45, 7) is 3.64. The van der Waals surface area contributed by atoms with Gasteiger partial charge in [0, 0.05) is 16.3 Å². The Morgan fingerprint density at radius 3 is 2.51 bits per heavy atom. The van der Waals surface area contributed by atoms with Gasteiger partial charge in [-0.2, -0.15) is 28.8 Å². The van der Waals surface area contributed by atoms with Crippen LogP contribution in [0, 0.1) is 6.92 Å². The molecule has 1 amide bonds. The number of anilines is 1. The molecule has 5 rings (SSSR count). The van der Waals surface area contributed by atoms with Gasteiger partial charge in [0.25, 0.3) is 16.0 Å². The second-order valence-corrected chi connectivity index (χ2v) is 10.2. The van der Waals surface area contributed by atoms with Crippen LogP contribution in [0.2, 0.25) is 0 Å². The molecule has 0 radical (unpaired) electrons. The first-order valence-electron chi connectivity index (χ1n) is 10.5. The molecule has 9 nitrogen and oxygen atoms in total. The van der Waals surface area contributed by atoms with Gasteiger partial charge in [0.05, 0.1) is 11.4 Å². The van der Waals surface area contributed by atoms with E-state index in [0.29, 0.717) is 21.6 Å². The summed E-state index contributed by atoms with van der Waals surface area (Å²) in [5.74, 6) is -0.453. The van der Waals surface area contributed by atoms with E-state index in [1.807, 2.05) is 36.6 Å². The highest BCUT2D eigenvalue weighted by molar-refractivity contribution is 7.86. The number of hydrazone groups is 1. The van der Waals surface area contributed by atoms with Gasteiger partial charge in [0.1, 0.15) is 10.6 Å². The maximum absolute atomic E-state index is 13.1. The Balaban J connectivity index is 1.44. The number of aromatic nitrogens is 1. The van der Waals surface area contributed by atoms with Crippen molar-refractivity contribution >= 4 is 54.7 Å². The molecule has 1 aliphatic heterocycles. The van der Waals surface area contributed by atoms with E-state index in [4.69, 9.17) is 0 Å². The van der Waals surface area contributed by atoms with Crippen LogP contribution in [0.3, 0.4) is 0 Å². The van der Waals surface area contributed by atoms with Crippen LogP contribution in [0.25, 0.3) is 22.0 Å². The Kier molecular flexibility index (Phi) is 5.75. The minimum absolute atomic E-state index is 0.0684. The first kappa shape index (κ1) is 23.0. The number of fused-ring (bicyclic) bond motifs is 1. The van der Waals surface area contributed by atoms with Crippen molar-refractivity contribution in [2.45, 2.75) is 24.8 Å². The minimum atomic E-state index is -4.60. The van der Waals surface area contributed by atoms with Gasteiger partial charge in [-0.3, -0.25) is 9.35 Å². The Morgan fingerprint density at radius 2 is 1.77 bits per heavy atom. The normalized spacial score (nSPS) is 16.4. The van der Waals surface area contributed by atoms with Crippen LogP contribution in [-0.2, 0) is 14.9 Å². The van der Waals surface area contributed by atoms with E-state index in [-0.39, 0.29) is 10.6 Å². The fourth-order valence-electron chi connectivity index (χ4n) is 3.75. The lowest BCUT2D eigenvalue weighted by molar-refractivity contribution is -0.117.